The van der Waals surface area contributed by atoms with Crippen molar-refractivity contribution in [2.75, 3.05) is 79.2 Å². The number of piperazine rings is 1. The number of carbonyl (C=O) groups excluding carboxylic acids is 2. The smallest absolute Gasteiger partial charge is 0.236 e. The Bertz CT molecular complexity index is 517. The van der Waals surface area contributed by atoms with E-state index in [1.54, 1.807) is 7.05 Å². The first-order valence-electron chi connectivity index (χ1n) is 9.82. The highest BCUT2D eigenvalue weighted by Crippen LogP contribution is 2.05. The number of rotatable bonds is 6. The maximum absolute atomic E-state index is 12.4. The standard InChI is InChI=1S/C18H34N6O3.HI/c1-15(2)17(26)20-4-5-21-18(19-3)24-8-6-22(7-9-24)14-16(25)23-10-12-27-13-11-23;/h15H,4-14H2,1-3H3,(H,19,21)(H,20,26);1H. The molecule has 0 atom stereocenters. The van der Waals surface area contributed by atoms with E-state index < -0.39 is 0 Å². The second kappa shape index (κ2) is 13.2. The molecule has 0 aromatic rings. The number of ether oxygens (including phenoxy) is 1. The average Bonchev–Trinajstić information content (AvgIpc) is 2.69. The van der Waals surface area contributed by atoms with Gasteiger partial charge in [0.25, 0.3) is 0 Å². The van der Waals surface area contributed by atoms with Crippen molar-refractivity contribution in [3.63, 3.8) is 0 Å². The Labute approximate surface area is 185 Å². The van der Waals surface area contributed by atoms with Gasteiger partial charge in [-0.25, -0.2) is 0 Å². The number of hydrogen-bond acceptors (Lipinski definition) is 5. The summed E-state index contributed by atoms with van der Waals surface area (Å²) in [5, 5.41) is 6.18. The number of nitrogens with zero attached hydrogens (tertiary/aromatic N) is 4. The van der Waals surface area contributed by atoms with Crippen LogP contribution < -0.4 is 10.6 Å². The van der Waals surface area contributed by atoms with E-state index in [1.807, 2.05) is 18.7 Å². The number of halogens is 1. The molecule has 2 amide bonds. The molecule has 2 aliphatic rings. The van der Waals surface area contributed by atoms with E-state index in [-0.39, 0.29) is 41.7 Å². The van der Waals surface area contributed by atoms with Crippen molar-refractivity contribution >= 4 is 41.8 Å². The number of morpholine rings is 1. The maximum Gasteiger partial charge on any atom is 0.236 e. The lowest BCUT2D eigenvalue weighted by Gasteiger charge is -2.37. The molecule has 0 radical (unpaired) electrons. The third-order valence-electron chi connectivity index (χ3n) is 4.84. The summed E-state index contributed by atoms with van der Waals surface area (Å²) < 4.78 is 5.30. The van der Waals surface area contributed by atoms with Gasteiger partial charge in [-0.2, -0.15) is 0 Å². The number of guanidine groups is 1. The zero-order valence-electron chi connectivity index (χ0n) is 17.3. The Balaban J connectivity index is 0.00000392. The summed E-state index contributed by atoms with van der Waals surface area (Å²) in [6, 6.07) is 0. The van der Waals surface area contributed by atoms with Crippen molar-refractivity contribution in [2.45, 2.75) is 13.8 Å². The first-order chi connectivity index (χ1) is 13.0. The van der Waals surface area contributed by atoms with Crippen molar-refractivity contribution in [2.24, 2.45) is 10.9 Å². The molecule has 0 bridgehead atoms. The van der Waals surface area contributed by atoms with Crippen LogP contribution in [0.2, 0.25) is 0 Å². The highest BCUT2D eigenvalue weighted by molar-refractivity contribution is 14.0. The summed E-state index contributed by atoms with van der Waals surface area (Å²) >= 11 is 0. The molecule has 0 saturated carbocycles. The fourth-order valence-corrected chi connectivity index (χ4v) is 3.12. The van der Waals surface area contributed by atoms with Crippen LogP contribution in [0.15, 0.2) is 4.99 Å². The van der Waals surface area contributed by atoms with Gasteiger partial charge in [-0.05, 0) is 0 Å². The lowest BCUT2D eigenvalue weighted by atomic mass is 10.2. The average molecular weight is 510 g/mol. The van der Waals surface area contributed by atoms with Gasteiger partial charge >= 0.3 is 0 Å². The van der Waals surface area contributed by atoms with E-state index >= 15 is 0 Å². The Hall–Kier alpha value is -1.14. The summed E-state index contributed by atoms with van der Waals surface area (Å²) in [7, 11) is 1.77. The summed E-state index contributed by atoms with van der Waals surface area (Å²) in [6.07, 6.45) is 0. The highest BCUT2D eigenvalue weighted by atomic mass is 127. The molecule has 0 spiro atoms. The molecule has 2 N–H and O–H groups in total. The minimum atomic E-state index is -0.00226. The van der Waals surface area contributed by atoms with Crippen molar-refractivity contribution in [3.8, 4) is 0 Å². The second-order valence-corrected chi connectivity index (χ2v) is 7.18. The molecule has 0 aromatic carbocycles. The van der Waals surface area contributed by atoms with Crippen LogP contribution in [0, 0.1) is 5.92 Å². The van der Waals surface area contributed by atoms with Crippen LogP contribution in [0.25, 0.3) is 0 Å². The number of nitrogens with one attached hydrogen (secondary N) is 2. The van der Waals surface area contributed by atoms with Gasteiger partial charge in [0.15, 0.2) is 5.96 Å². The first-order valence-corrected chi connectivity index (χ1v) is 9.82. The van der Waals surface area contributed by atoms with Gasteiger partial charge in [-0.15, -0.1) is 24.0 Å². The minimum absolute atomic E-state index is 0. The molecule has 0 aromatic heterocycles. The van der Waals surface area contributed by atoms with E-state index in [0.717, 1.165) is 32.1 Å². The predicted octanol–water partition coefficient (Wildman–Crippen LogP) is -0.572. The van der Waals surface area contributed by atoms with Gasteiger partial charge in [0.1, 0.15) is 0 Å². The van der Waals surface area contributed by atoms with Crippen molar-refractivity contribution < 1.29 is 14.3 Å². The van der Waals surface area contributed by atoms with Gasteiger partial charge in [0.05, 0.1) is 19.8 Å². The molecule has 9 nitrogen and oxygen atoms in total. The highest BCUT2D eigenvalue weighted by Gasteiger charge is 2.24. The molecule has 28 heavy (non-hydrogen) atoms. The molecule has 2 fully saturated rings. The molecule has 2 heterocycles. The summed E-state index contributed by atoms with van der Waals surface area (Å²) in [4.78, 5) is 34.6. The summed E-state index contributed by atoms with van der Waals surface area (Å²) in [5.74, 6) is 1.09. The molecule has 0 aliphatic carbocycles. The molecular formula is C18H35IN6O3. The quantitative estimate of drug-likeness (QED) is 0.215. The van der Waals surface area contributed by atoms with Gasteiger partial charge in [-0.3, -0.25) is 19.5 Å². The molecular weight excluding hydrogens is 475 g/mol. The van der Waals surface area contributed by atoms with Gasteiger partial charge in [-0.1, -0.05) is 13.8 Å². The number of hydrogen-bond donors (Lipinski definition) is 2. The van der Waals surface area contributed by atoms with Crippen molar-refractivity contribution in [1.82, 2.24) is 25.3 Å². The molecule has 0 unspecified atom stereocenters. The molecule has 162 valence electrons. The fourth-order valence-electron chi connectivity index (χ4n) is 3.12. The zero-order chi connectivity index (χ0) is 19.6. The van der Waals surface area contributed by atoms with Crippen LogP contribution in [0.5, 0.6) is 0 Å². The maximum atomic E-state index is 12.4. The number of carbonyl (C=O) groups is 2. The summed E-state index contributed by atoms with van der Waals surface area (Å²) in [6.45, 7) is 11.4. The second-order valence-electron chi connectivity index (χ2n) is 7.18. The Morgan fingerprint density at radius 1 is 0.964 bits per heavy atom. The van der Waals surface area contributed by atoms with Gasteiger partial charge in [0.2, 0.25) is 11.8 Å². The van der Waals surface area contributed by atoms with Crippen LogP contribution in [0.4, 0.5) is 0 Å². The minimum Gasteiger partial charge on any atom is -0.378 e. The van der Waals surface area contributed by atoms with Crippen LogP contribution >= 0.6 is 24.0 Å². The van der Waals surface area contributed by atoms with E-state index in [0.29, 0.717) is 45.9 Å². The van der Waals surface area contributed by atoms with E-state index in [2.05, 4.69) is 25.4 Å². The van der Waals surface area contributed by atoms with Crippen LogP contribution in [-0.2, 0) is 14.3 Å². The predicted molar refractivity (Wildman–Crippen MR) is 120 cm³/mol. The fraction of sp³-hybridized carbons (Fsp3) is 0.833. The van der Waals surface area contributed by atoms with E-state index in [4.69, 9.17) is 4.74 Å². The molecule has 10 heteroatoms. The normalized spacial score (nSPS) is 18.6. The van der Waals surface area contributed by atoms with Crippen LogP contribution in [0.3, 0.4) is 0 Å². The third kappa shape index (κ3) is 8.08. The summed E-state index contributed by atoms with van der Waals surface area (Å²) in [5.41, 5.74) is 0. The zero-order valence-corrected chi connectivity index (χ0v) is 19.6. The Morgan fingerprint density at radius 2 is 1.57 bits per heavy atom. The molecule has 2 saturated heterocycles. The van der Waals surface area contributed by atoms with Crippen molar-refractivity contribution in [3.05, 3.63) is 0 Å². The lowest BCUT2D eigenvalue weighted by molar-refractivity contribution is -0.136. The Kier molecular flexibility index (Phi) is 11.7. The largest absolute Gasteiger partial charge is 0.378 e. The SMILES string of the molecule is CN=C(NCCNC(=O)C(C)C)N1CCN(CC(=O)N2CCOCC2)CC1.I. The molecule has 2 aliphatic heterocycles. The van der Waals surface area contributed by atoms with E-state index in [9.17, 15) is 9.59 Å². The van der Waals surface area contributed by atoms with E-state index in [1.165, 1.54) is 0 Å². The van der Waals surface area contributed by atoms with Gasteiger partial charge in [0, 0.05) is 65.3 Å². The Morgan fingerprint density at radius 3 is 2.14 bits per heavy atom. The topological polar surface area (TPSA) is 89.5 Å². The number of amides is 2. The first kappa shape index (κ1) is 24.9. The monoisotopic (exact) mass is 510 g/mol. The van der Waals surface area contributed by atoms with Gasteiger partial charge < -0.3 is 25.2 Å². The van der Waals surface area contributed by atoms with Crippen LogP contribution in [0.1, 0.15) is 13.8 Å². The third-order valence-corrected chi connectivity index (χ3v) is 4.84. The molecule has 2 rings (SSSR count). The van der Waals surface area contributed by atoms with Crippen molar-refractivity contribution in [1.29, 1.82) is 0 Å². The number of aliphatic imine (C=N–C) groups is 1. The lowest BCUT2D eigenvalue weighted by Crippen LogP contribution is -2.55. The van der Waals surface area contributed by atoms with Crippen LogP contribution in [-0.4, -0.2) is 112 Å².